The Morgan fingerprint density at radius 2 is 0.826 bits per heavy atom. The first kappa shape index (κ1) is 32.3. The van der Waals surface area contributed by atoms with Gasteiger partial charge in [-0.25, -0.2) is 46.1 Å². The Labute approximate surface area is 265 Å². The van der Waals surface area contributed by atoms with Crippen molar-refractivity contribution in [2.24, 2.45) is 0 Å². The van der Waals surface area contributed by atoms with Crippen LogP contribution in [0.15, 0.2) is 73.1 Å². The zero-order chi connectivity index (χ0) is 32.6. The average Bonchev–Trinajstić information content (AvgIpc) is 3.54. The van der Waals surface area contributed by atoms with Crippen molar-refractivity contribution in [1.29, 1.82) is 0 Å². The van der Waals surface area contributed by atoms with Gasteiger partial charge in [0.1, 0.15) is 11.0 Å². The lowest BCUT2D eigenvalue weighted by atomic mass is 10.2. The van der Waals surface area contributed by atoms with Gasteiger partial charge in [0.2, 0.25) is 0 Å². The van der Waals surface area contributed by atoms with Crippen molar-refractivity contribution in [2.45, 2.75) is 0 Å². The van der Waals surface area contributed by atoms with Crippen LogP contribution in [0.3, 0.4) is 0 Å². The Kier molecular flexibility index (Phi) is 9.05. The molecule has 0 N–H and O–H groups in total. The fourth-order valence-corrected chi connectivity index (χ4v) is 6.13. The van der Waals surface area contributed by atoms with Gasteiger partial charge in [-0.05, 0) is 36.4 Å². The van der Waals surface area contributed by atoms with Gasteiger partial charge in [0, 0.05) is 0 Å². The highest BCUT2D eigenvalue weighted by Crippen LogP contribution is 2.34. The second kappa shape index (κ2) is 12.9. The third-order valence-electron chi connectivity index (χ3n) is 7.66. The fourth-order valence-electron chi connectivity index (χ4n) is 6.13. The predicted octanol–water partition coefficient (Wildman–Crippen LogP) is -7.02. The number of pyridine rings is 2. The first-order chi connectivity index (χ1) is 21.9. The largest absolute Gasteiger partial charge is 0.375 e. The molecule has 0 radical (unpaired) electrons. The van der Waals surface area contributed by atoms with E-state index in [1.807, 2.05) is 0 Å². The highest BCUT2D eigenvalue weighted by molar-refractivity contribution is 6.04. The molecule has 0 unspecified atom stereocenters. The van der Waals surface area contributed by atoms with Gasteiger partial charge in [0.05, 0.1) is 65.0 Å². The van der Waals surface area contributed by atoms with E-state index in [1.54, 1.807) is 0 Å². The van der Waals surface area contributed by atoms with Gasteiger partial charge in [-0.2, -0.15) is 8.80 Å². The second-order valence-electron chi connectivity index (χ2n) is 10.3. The number of hydrogen-bond donors (Lipinski definition) is 0. The van der Waals surface area contributed by atoms with Crippen molar-refractivity contribution in [3.63, 3.8) is 0 Å². The van der Waals surface area contributed by atoms with E-state index in [-0.39, 0.29) is 0 Å². The summed E-state index contributed by atoms with van der Waals surface area (Å²) in [4.78, 5) is 4.93. The molecule has 1 aromatic carbocycles. The number of para-hydroxylation sites is 2. The van der Waals surface area contributed by atoms with Crippen molar-refractivity contribution >= 4 is 45.0 Å². The van der Waals surface area contributed by atoms with Crippen molar-refractivity contribution < 1.29 is 76.0 Å². The van der Waals surface area contributed by atoms with Crippen molar-refractivity contribution in [3.05, 3.63) is 73.1 Å². The number of ether oxygens (including phenoxy) is 2. The maximum absolute atomic E-state index is 8.49. The lowest BCUT2D eigenvalue weighted by molar-refractivity contribution is -2.00. The van der Waals surface area contributed by atoms with Gasteiger partial charge in [0.25, 0.3) is 0 Å². The number of nitrogens with zero attached hydrogens (tertiary/aromatic N) is 6. The van der Waals surface area contributed by atoms with Gasteiger partial charge in [-0.15, -0.1) is 20.5 Å². The Morgan fingerprint density at radius 1 is 0.500 bits per heavy atom. The van der Waals surface area contributed by atoms with E-state index in [4.69, 9.17) is 46.7 Å². The van der Waals surface area contributed by atoms with E-state index in [9.17, 15) is 0 Å². The fraction of sp³-hybridized carbons (Fsp3) is 0.286. The molecule has 5 aromatic heterocycles. The number of benzene rings is 1. The first-order valence-corrected chi connectivity index (χ1v) is 16.5. The monoisotopic (exact) mass is 678 g/mol. The molecular weight excluding hydrogens is 651 g/mol. The zero-order valence-electron chi connectivity index (χ0n) is 24.1. The summed E-state index contributed by atoms with van der Waals surface area (Å²) < 4.78 is 89.1. The van der Waals surface area contributed by atoms with E-state index in [0.717, 1.165) is 52.6 Å². The minimum Gasteiger partial charge on any atom is -0.375 e. The Balaban J connectivity index is 0.000000328. The maximum atomic E-state index is 8.49. The Morgan fingerprint density at radius 3 is 1.17 bits per heavy atom. The van der Waals surface area contributed by atoms with Crippen LogP contribution in [0.5, 0.6) is 0 Å². The number of hydrogen-bond acceptors (Lipinski definition) is 12. The van der Waals surface area contributed by atoms with Crippen LogP contribution in [0.4, 0.5) is 11.9 Å². The van der Waals surface area contributed by atoms with E-state index in [1.165, 1.54) is 45.0 Å². The molecule has 2 aliphatic rings. The van der Waals surface area contributed by atoms with Crippen molar-refractivity contribution in [2.75, 3.05) is 62.4 Å². The zero-order valence-corrected chi connectivity index (χ0v) is 25.6. The van der Waals surface area contributed by atoms with Crippen LogP contribution < -0.4 is 55.9 Å². The molecular formula is C28H28Cl2N6O10. The molecule has 0 saturated carbocycles. The highest BCUT2D eigenvalue weighted by atomic mass is 35.7. The molecule has 0 amide bonds. The van der Waals surface area contributed by atoms with Crippen LogP contribution in [-0.2, 0) is 9.47 Å². The molecule has 7 heterocycles. The van der Waals surface area contributed by atoms with E-state index in [2.05, 4.69) is 100 Å². The molecule has 16 nitrogen and oxygen atoms in total. The summed E-state index contributed by atoms with van der Waals surface area (Å²) in [6.45, 7) is 6.47. The summed E-state index contributed by atoms with van der Waals surface area (Å²) in [6.07, 6.45) is 4.39. The quantitative estimate of drug-likeness (QED) is 0.156. The summed E-state index contributed by atoms with van der Waals surface area (Å²) in [6, 6.07) is 21.8. The van der Waals surface area contributed by atoms with Gasteiger partial charge in [0.15, 0.2) is 22.1 Å². The molecule has 2 fully saturated rings. The number of rotatable bonds is 2. The summed E-state index contributed by atoms with van der Waals surface area (Å²) in [5, 5.41) is 0. The van der Waals surface area contributed by atoms with Gasteiger partial charge >= 0.3 is 11.9 Å². The van der Waals surface area contributed by atoms with Gasteiger partial charge in [-0.3, -0.25) is 9.80 Å². The average molecular weight is 679 g/mol. The molecule has 0 atom stereocenters. The summed E-state index contributed by atoms with van der Waals surface area (Å²) in [5.41, 5.74) is 7.23. The molecule has 0 aliphatic carbocycles. The summed E-state index contributed by atoms with van der Waals surface area (Å²) in [7, 11) is -9.89. The van der Waals surface area contributed by atoms with Gasteiger partial charge < -0.3 is 9.47 Å². The number of halogens is 2. The van der Waals surface area contributed by atoms with Crippen LogP contribution in [0.1, 0.15) is 0 Å². The highest BCUT2D eigenvalue weighted by Gasteiger charge is 2.36. The molecule has 8 rings (SSSR count). The number of aromatic nitrogens is 4. The smallest absolute Gasteiger partial charge is 0.370 e. The standard InChI is InChI=1S/C28H28N6O2.2ClHO4/c1-2-8-22-21(7-1)33-25(23-9-3-5-11-31(23)27(33)29-13-17-35-18-14-29)26-24-10-4-6-12-32(24)28(34(22)26)30-15-19-36-20-16-30;2*2-1(3,4)5/h1-12H,13-20H2;2*(H,2,3,4,5)/q+2;;/p-2. The number of imidazole rings is 2. The molecule has 0 bridgehead atoms. The normalized spacial score (nSPS) is 16.2. The van der Waals surface area contributed by atoms with Crippen LogP contribution in [0, 0.1) is 20.5 Å². The number of anilines is 2. The van der Waals surface area contributed by atoms with Crippen LogP contribution in [0.2, 0.25) is 0 Å². The van der Waals surface area contributed by atoms with E-state index >= 15 is 0 Å². The summed E-state index contributed by atoms with van der Waals surface area (Å²) >= 11 is 0. The van der Waals surface area contributed by atoms with E-state index in [0.29, 0.717) is 0 Å². The molecule has 2 aliphatic heterocycles. The Hall–Kier alpha value is -3.62. The summed E-state index contributed by atoms with van der Waals surface area (Å²) in [5.74, 6) is 2.37. The molecule has 46 heavy (non-hydrogen) atoms. The van der Waals surface area contributed by atoms with Crippen molar-refractivity contribution in [1.82, 2.24) is 8.80 Å². The maximum Gasteiger partial charge on any atom is 0.370 e. The predicted molar refractivity (Wildman–Crippen MR) is 138 cm³/mol. The lowest BCUT2D eigenvalue weighted by Gasteiger charge is -2.23. The SMILES string of the molecule is [O-][Cl+3]([O-])([O-])[O-].[O-][Cl+3]([O-])([O-])[O-].c1ccc2c(c1)n1c(N3CCOCC3)[n+]3ccccc3c1c1c3cccc[n+]3c(N3CCOCC3)n21. The first-order valence-electron chi connectivity index (χ1n) is 14.0. The molecule has 2 saturated heterocycles. The van der Waals surface area contributed by atoms with E-state index < -0.39 is 20.5 Å². The van der Waals surface area contributed by atoms with Crippen LogP contribution >= 0.6 is 0 Å². The van der Waals surface area contributed by atoms with Crippen molar-refractivity contribution in [3.8, 4) is 0 Å². The Bertz CT molecular complexity index is 1840. The number of morpholine rings is 2. The minimum atomic E-state index is -4.94. The molecule has 0 spiro atoms. The molecule has 18 heteroatoms. The van der Waals surface area contributed by atoms with Gasteiger partial charge in [-0.1, -0.05) is 24.3 Å². The number of fused-ring (bicyclic) bond motifs is 10. The molecule has 244 valence electrons. The van der Waals surface area contributed by atoms with Crippen LogP contribution in [0.25, 0.3) is 33.1 Å². The molecule has 6 aromatic rings. The third kappa shape index (κ3) is 6.60. The lowest BCUT2D eigenvalue weighted by Crippen LogP contribution is -2.68. The third-order valence-corrected chi connectivity index (χ3v) is 7.66. The van der Waals surface area contributed by atoms with Crippen LogP contribution in [-0.4, -0.2) is 61.4 Å². The minimum absolute atomic E-state index is 0.743. The topological polar surface area (TPSA) is 226 Å². The second-order valence-corrected chi connectivity index (χ2v) is 11.8.